The number of nitrogens with zero attached hydrogens (tertiary/aromatic N) is 1. The number of carbonyl (C=O) groups excluding carboxylic acids is 1. The van der Waals surface area contributed by atoms with Crippen molar-refractivity contribution in [1.82, 2.24) is 4.98 Å². The summed E-state index contributed by atoms with van der Waals surface area (Å²) in [7, 11) is 1.34. The molecule has 1 aliphatic carbocycles. The van der Waals surface area contributed by atoms with Crippen molar-refractivity contribution in [3.63, 3.8) is 0 Å². The molecule has 1 aromatic heterocycles. The number of pyridine rings is 1. The Labute approximate surface area is 106 Å². The molecular weight excluding hydrogens is 232 g/mol. The Morgan fingerprint density at radius 3 is 2.78 bits per heavy atom. The summed E-state index contributed by atoms with van der Waals surface area (Å²) in [5.41, 5.74) is 5.92. The number of carbonyl (C=O) groups is 1. The van der Waals surface area contributed by atoms with E-state index in [0.717, 1.165) is 12.8 Å². The molecule has 1 aromatic rings. The fourth-order valence-electron chi connectivity index (χ4n) is 2.18. The Hall–Kier alpha value is -1.78. The first-order valence-electron chi connectivity index (χ1n) is 6.21. The number of rotatable bonds is 3. The van der Waals surface area contributed by atoms with Gasteiger partial charge in [0.1, 0.15) is 11.4 Å². The molecule has 0 saturated heterocycles. The minimum atomic E-state index is -0.449. The van der Waals surface area contributed by atoms with Crippen LogP contribution in [0.15, 0.2) is 12.3 Å². The van der Waals surface area contributed by atoms with Crippen LogP contribution in [0.3, 0.4) is 0 Å². The van der Waals surface area contributed by atoms with Crippen molar-refractivity contribution < 1.29 is 14.3 Å². The summed E-state index contributed by atoms with van der Waals surface area (Å²) in [5.74, 6) is 0.296. The van der Waals surface area contributed by atoms with E-state index >= 15 is 0 Å². The lowest BCUT2D eigenvalue weighted by atomic mass is 9.98. The van der Waals surface area contributed by atoms with Gasteiger partial charge in [0.05, 0.1) is 19.4 Å². The summed E-state index contributed by atoms with van der Waals surface area (Å²) >= 11 is 0. The average molecular weight is 250 g/mol. The first-order chi connectivity index (χ1) is 8.70. The van der Waals surface area contributed by atoms with Crippen LogP contribution in [0.4, 0.5) is 5.82 Å². The Morgan fingerprint density at radius 2 is 2.11 bits per heavy atom. The smallest absolute Gasteiger partial charge is 0.341 e. The molecule has 0 amide bonds. The molecule has 0 radical (unpaired) electrons. The molecule has 2 N–H and O–H groups in total. The highest BCUT2D eigenvalue weighted by atomic mass is 16.5. The number of nitrogens with two attached hydrogens (primary N) is 1. The number of anilines is 1. The predicted octanol–water partition coefficient (Wildman–Crippen LogP) is 2.16. The molecule has 0 unspecified atom stereocenters. The molecule has 0 spiro atoms. The molecule has 2 rings (SSSR count). The van der Waals surface area contributed by atoms with Gasteiger partial charge in [0.25, 0.3) is 0 Å². The number of ether oxygens (including phenoxy) is 2. The highest BCUT2D eigenvalue weighted by molar-refractivity contribution is 5.93. The highest BCUT2D eigenvalue weighted by Crippen LogP contribution is 2.26. The minimum absolute atomic E-state index is 0.160. The van der Waals surface area contributed by atoms with E-state index in [0.29, 0.717) is 11.3 Å². The van der Waals surface area contributed by atoms with Gasteiger partial charge in [-0.1, -0.05) is 6.42 Å². The predicted molar refractivity (Wildman–Crippen MR) is 67.5 cm³/mol. The Kier molecular flexibility index (Phi) is 4.02. The van der Waals surface area contributed by atoms with Gasteiger partial charge in [-0.05, 0) is 31.7 Å². The van der Waals surface area contributed by atoms with Crippen molar-refractivity contribution >= 4 is 11.8 Å². The number of hydrogen-bond acceptors (Lipinski definition) is 5. The number of aromatic nitrogens is 1. The summed E-state index contributed by atoms with van der Waals surface area (Å²) in [5, 5.41) is 0. The van der Waals surface area contributed by atoms with E-state index in [1.54, 1.807) is 0 Å². The largest absolute Gasteiger partial charge is 0.488 e. The van der Waals surface area contributed by atoms with E-state index in [-0.39, 0.29) is 11.9 Å². The van der Waals surface area contributed by atoms with Crippen LogP contribution >= 0.6 is 0 Å². The second-order valence-electron chi connectivity index (χ2n) is 4.47. The van der Waals surface area contributed by atoms with Crippen molar-refractivity contribution in [2.75, 3.05) is 12.8 Å². The summed E-state index contributed by atoms with van der Waals surface area (Å²) in [6.45, 7) is 0. The zero-order chi connectivity index (χ0) is 13.0. The second-order valence-corrected chi connectivity index (χ2v) is 4.47. The van der Waals surface area contributed by atoms with Crippen LogP contribution in [0.5, 0.6) is 5.75 Å². The maximum atomic E-state index is 11.6. The number of methoxy groups -OCH3 is 1. The van der Waals surface area contributed by atoms with Gasteiger partial charge in [-0.25, -0.2) is 9.78 Å². The molecule has 5 heteroatoms. The van der Waals surface area contributed by atoms with Crippen molar-refractivity contribution in [1.29, 1.82) is 0 Å². The maximum Gasteiger partial charge on any atom is 0.341 e. The Morgan fingerprint density at radius 1 is 1.39 bits per heavy atom. The van der Waals surface area contributed by atoms with Crippen molar-refractivity contribution in [2.24, 2.45) is 0 Å². The second kappa shape index (κ2) is 5.71. The van der Waals surface area contributed by atoms with Gasteiger partial charge in [-0.15, -0.1) is 0 Å². The van der Waals surface area contributed by atoms with E-state index in [1.807, 2.05) is 0 Å². The van der Waals surface area contributed by atoms with Crippen molar-refractivity contribution in [2.45, 2.75) is 38.2 Å². The zero-order valence-corrected chi connectivity index (χ0v) is 10.5. The molecule has 98 valence electrons. The fraction of sp³-hybridized carbons (Fsp3) is 0.538. The lowest BCUT2D eigenvalue weighted by molar-refractivity contribution is 0.0590. The van der Waals surface area contributed by atoms with Gasteiger partial charge < -0.3 is 15.2 Å². The lowest BCUT2D eigenvalue weighted by Crippen LogP contribution is -2.21. The van der Waals surface area contributed by atoms with Crippen LogP contribution in [0.2, 0.25) is 0 Å². The molecule has 0 bridgehead atoms. The average Bonchev–Trinajstić information content (AvgIpc) is 2.41. The lowest BCUT2D eigenvalue weighted by Gasteiger charge is -2.23. The van der Waals surface area contributed by atoms with Gasteiger partial charge in [-0.2, -0.15) is 0 Å². The quantitative estimate of drug-likeness (QED) is 0.832. The summed E-state index contributed by atoms with van der Waals surface area (Å²) in [6, 6.07) is 1.49. The third kappa shape index (κ3) is 2.91. The standard InChI is InChI=1S/C13H18N2O3/c1-17-13(16)10-7-12(14)15-8-11(10)18-9-5-3-2-4-6-9/h7-9H,2-6H2,1H3,(H2,14,15). The maximum absolute atomic E-state index is 11.6. The number of hydrogen-bond donors (Lipinski definition) is 1. The van der Waals surface area contributed by atoms with Crippen molar-refractivity contribution in [3.8, 4) is 5.75 Å². The Bertz CT molecular complexity index is 428. The molecule has 1 aliphatic rings. The van der Waals surface area contributed by atoms with Crippen molar-refractivity contribution in [3.05, 3.63) is 17.8 Å². The van der Waals surface area contributed by atoms with E-state index in [1.165, 1.54) is 38.6 Å². The van der Waals surface area contributed by atoms with Crippen LogP contribution in [0, 0.1) is 0 Å². The SMILES string of the molecule is COC(=O)c1cc(N)ncc1OC1CCCCC1. The molecule has 0 aromatic carbocycles. The van der Waals surface area contributed by atoms with E-state index < -0.39 is 5.97 Å². The first kappa shape index (κ1) is 12.7. The first-order valence-corrected chi connectivity index (χ1v) is 6.21. The van der Waals surface area contributed by atoms with E-state index in [4.69, 9.17) is 15.2 Å². The zero-order valence-electron chi connectivity index (χ0n) is 10.5. The summed E-state index contributed by atoms with van der Waals surface area (Å²) < 4.78 is 10.6. The monoisotopic (exact) mass is 250 g/mol. The summed E-state index contributed by atoms with van der Waals surface area (Å²) in [4.78, 5) is 15.6. The van der Waals surface area contributed by atoms with Crippen LogP contribution in [-0.4, -0.2) is 24.2 Å². The van der Waals surface area contributed by atoms with Gasteiger partial charge in [0.15, 0.2) is 5.75 Å². The normalized spacial score (nSPS) is 16.3. The van der Waals surface area contributed by atoms with Crippen LogP contribution in [0.1, 0.15) is 42.5 Å². The van der Waals surface area contributed by atoms with Crippen LogP contribution in [0.25, 0.3) is 0 Å². The molecule has 1 heterocycles. The highest BCUT2D eigenvalue weighted by Gasteiger charge is 2.20. The molecule has 1 saturated carbocycles. The molecule has 1 fully saturated rings. The molecular formula is C13H18N2O3. The molecule has 0 aliphatic heterocycles. The number of esters is 1. The Balaban J connectivity index is 2.17. The van der Waals surface area contributed by atoms with Gasteiger partial charge in [0, 0.05) is 0 Å². The molecule has 0 atom stereocenters. The van der Waals surface area contributed by atoms with E-state index in [9.17, 15) is 4.79 Å². The van der Waals surface area contributed by atoms with E-state index in [2.05, 4.69) is 4.98 Å². The fourth-order valence-corrected chi connectivity index (χ4v) is 2.18. The topological polar surface area (TPSA) is 74.4 Å². The third-order valence-corrected chi connectivity index (χ3v) is 3.14. The minimum Gasteiger partial charge on any atom is -0.488 e. The van der Waals surface area contributed by atoms with Crippen LogP contribution < -0.4 is 10.5 Å². The molecule has 18 heavy (non-hydrogen) atoms. The van der Waals surface area contributed by atoms with Crippen LogP contribution in [-0.2, 0) is 4.74 Å². The van der Waals surface area contributed by atoms with Gasteiger partial charge >= 0.3 is 5.97 Å². The third-order valence-electron chi connectivity index (χ3n) is 3.14. The summed E-state index contributed by atoms with van der Waals surface area (Å²) in [6.07, 6.45) is 7.28. The number of nitrogen functional groups attached to an aromatic ring is 1. The molecule has 5 nitrogen and oxygen atoms in total. The van der Waals surface area contributed by atoms with Gasteiger partial charge in [-0.3, -0.25) is 0 Å². The van der Waals surface area contributed by atoms with Gasteiger partial charge in [0.2, 0.25) is 0 Å².